The Morgan fingerprint density at radius 3 is 2.73 bits per heavy atom. The molecule has 0 saturated carbocycles. The summed E-state index contributed by atoms with van der Waals surface area (Å²) < 4.78 is 0. The maximum Gasteiger partial charge on any atom is 0.326 e. The first-order chi connectivity index (χ1) is 14.5. The third kappa shape index (κ3) is 2.94. The minimum Gasteiger partial charge on any atom is -0.319 e. The fraction of sp³-hybridized carbons (Fsp3) is 0.333. The second kappa shape index (κ2) is 7.22. The molecule has 2 aliphatic heterocycles. The predicted molar refractivity (Wildman–Crippen MR) is 119 cm³/mol. The predicted octanol–water partition coefficient (Wildman–Crippen LogP) is 4.64. The van der Waals surface area contributed by atoms with Crippen molar-refractivity contribution >= 4 is 34.0 Å². The molecule has 3 aromatic rings. The maximum absolute atomic E-state index is 13.5. The fourth-order valence-corrected chi connectivity index (χ4v) is 5.73. The standard InChI is InChI=1S/C24H25N3O2S/c1-3-20-19-11-13-30-21(19)10-12-26(20)15-27-22(28)24(2,25-23(27)29)18-9-8-16-6-4-5-7-17(16)14-18/h4-9,11,13-14,20H,3,10,12,15H2,1-2H3,(H,25,29)/t20-,24-/m1/s1. The van der Waals surface area contributed by atoms with Crippen molar-refractivity contribution in [3.05, 3.63) is 69.9 Å². The Bertz CT molecular complexity index is 1140. The first-order valence-electron chi connectivity index (χ1n) is 10.4. The molecular formula is C24H25N3O2S. The van der Waals surface area contributed by atoms with E-state index < -0.39 is 5.54 Å². The Morgan fingerprint density at radius 2 is 1.93 bits per heavy atom. The van der Waals surface area contributed by atoms with Crippen LogP contribution in [0.15, 0.2) is 53.9 Å². The van der Waals surface area contributed by atoms with Crippen molar-refractivity contribution in [2.24, 2.45) is 0 Å². The largest absolute Gasteiger partial charge is 0.326 e. The van der Waals surface area contributed by atoms with Crippen LogP contribution in [-0.2, 0) is 16.8 Å². The second-order valence-electron chi connectivity index (χ2n) is 8.28. The van der Waals surface area contributed by atoms with E-state index in [2.05, 4.69) is 28.6 Å². The van der Waals surface area contributed by atoms with Crippen LogP contribution in [0.2, 0.25) is 0 Å². The molecule has 1 fully saturated rings. The summed E-state index contributed by atoms with van der Waals surface area (Å²) in [6.07, 6.45) is 1.92. The van der Waals surface area contributed by atoms with Gasteiger partial charge in [0.1, 0.15) is 5.54 Å². The topological polar surface area (TPSA) is 52.6 Å². The minimum atomic E-state index is -1.05. The Morgan fingerprint density at radius 1 is 1.13 bits per heavy atom. The number of urea groups is 1. The molecule has 1 N–H and O–H groups in total. The molecule has 2 aliphatic rings. The molecule has 5 nitrogen and oxygen atoms in total. The maximum atomic E-state index is 13.5. The highest BCUT2D eigenvalue weighted by atomic mass is 32.1. The van der Waals surface area contributed by atoms with Crippen LogP contribution in [0.5, 0.6) is 0 Å². The van der Waals surface area contributed by atoms with Crippen molar-refractivity contribution in [2.45, 2.75) is 38.3 Å². The number of rotatable bonds is 4. The van der Waals surface area contributed by atoms with E-state index in [9.17, 15) is 9.59 Å². The van der Waals surface area contributed by atoms with Gasteiger partial charge in [0.15, 0.2) is 0 Å². The summed E-state index contributed by atoms with van der Waals surface area (Å²) in [5.74, 6) is -0.186. The lowest BCUT2D eigenvalue weighted by Crippen LogP contribution is -2.46. The number of fused-ring (bicyclic) bond motifs is 2. The summed E-state index contributed by atoms with van der Waals surface area (Å²) in [6, 6.07) is 16.1. The van der Waals surface area contributed by atoms with Crippen molar-refractivity contribution < 1.29 is 9.59 Å². The molecule has 0 unspecified atom stereocenters. The summed E-state index contributed by atoms with van der Waals surface area (Å²) in [5, 5.41) is 7.27. The van der Waals surface area contributed by atoms with Gasteiger partial charge in [0.05, 0.1) is 6.67 Å². The summed E-state index contributed by atoms with van der Waals surface area (Å²) in [4.78, 5) is 31.4. The smallest absolute Gasteiger partial charge is 0.319 e. The van der Waals surface area contributed by atoms with Crippen molar-refractivity contribution in [3.63, 3.8) is 0 Å². The van der Waals surface area contributed by atoms with Crippen LogP contribution < -0.4 is 5.32 Å². The highest BCUT2D eigenvalue weighted by Crippen LogP contribution is 2.37. The van der Waals surface area contributed by atoms with E-state index >= 15 is 0 Å². The van der Waals surface area contributed by atoms with Crippen molar-refractivity contribution in [1.29, 1.82) is 0 Å². The fourth-order valence-electron chi connectivity index (χ4n) is 4.80. The Labute approximate surface area is 180 Å². The number of hydrogen-bond acceptors (Lipinski definition) is 4. The number of hydrogen-bond donors (Lipinski definition) is 1. The molecule has 3 amide bonds. The van der Waals surface area contributed by atoms with Crippen molar-refractivity contribution in [3.8, 4) is 0 Å². The summed E-state index contributed by atoms with van der Waals surface area (Å²) in [6.45, 7) is 5.15. The number of amides is 3. The highest BCUT2D eigenvalue weighted by Gasteiger charge is 2.49. The average molecular weight is 420 g/mol. The van der Waals surface area contributed by atoms with E-state index in [0.717, 1.165) is 35.7 Å². The van der Waals surface area contributed by atoms with E-state index in [1.165, 1.54) is 15.3 Å². The quantitative estimate of drug-likeness (QED) is 0.627. The van der Waals surface area contributed by atoms with Crippen LogP contribution in [0.1, 0.15) is 42.3 Å². The van der Waals surface area contributed by atoms with E-state index in [0.29, 0.717) is 6.67 Å². The molecule has 0 aliphatic carbocycles. The molecule has 1 aromatic heterocycles. The molecule has 1 saturated heterocycles. The normalized spacial score (nSPS) is 24.3. The number of carbonyl (C=O) groups excluding carboxylic acids is 2. The summed E-state index contributed by atoms with van der Waals surface area (Å²) in [5.41, 5.74) is 1.11. The summed E-state index contributed by atoms with van der Waals surface area (Å²) in [7, 11) is 0. The zero-order valence-corrected chi connectivity index (χ0v) is 18.0. The lowest BCUT2D eigenvalue weighted by molar-refractivity contribution is -0.133. The Hall–Kier alpha value is -2.70. The zero-order chi connectivity index (χ0) is 20.9. The number of nitrogens with zero attached hydrogens (tertiary/aromatic N) is 2. The van der Waals surface area contributed by atoms with Gasteiger partial charge >= 0.3 is 6.03 Å². The van der Waals surface area contributed by atoms with E-state index in [1.807, 2.05) is 49.4 Å². The lowest BCUT2D eigenvalue weighted by atomic mass is 9.90. The van der Waals surface area contributed by atoms with E-state index in [-0.39, 0.29) is 18.0 Å². The molecule has 0 spiro atoms. The zero-order valence-electron chi connectivity index (χ0n) is 17.2. The molecule has 30 heavy (non-hydrogen) atoms. The molecule has 0 bridgehead atoms. The Kier molecular flexibility index (Phi) is 4.64. The van der Waals surface area contributed by atoms with Gasteiger partial charge in [-0.25, -0.2) is 9.69 Å². The second-order valence-corrected chi connectivity index (χ2v) is 9.28. The number of carbonyl (C=O) groups is 2. The van der Waals surface area contributed by atoms with Gasteiger partial charge in [-0.15, -0.1) is 11.3 Å². The molecule has 3 heterocycles. The average Bonchev–Trinajstić information content (AvgIpc) is 3.32. The molecule has 154 valence electrons. The number of nitrogens with one attached hydrogen (secondary N) is 1. The highest BCUT2D eigenvalue weighted by molar-refractivity contribution is 7.10. The van der Waals surface area contributed by atoms with Crippen molar-refractivity contribution in [1.82, 2.24) is 15.1 Å². The molecule has 2 aromatic carbocycles. The number of benzene rings is 2. The van der Waals surface area contributed by atoms with Gasteiger partial charge in [-0.05, 0) is 59.2 Å². The molecule has 2 atom stereocenters. The Balaban J connectivity index is 1.42. The van der Waals surface area contributed by atoms with E-state index in [1.54, 1.807) is 11.3 Å². The molecule has 6 heteroatoms. The van der Waals surface area contributed by atoms with Gasteiger partial charge < -0.3 is 5.32 Å². The van der Waals surface area contributed by atoms with Crippen molar-refractivity contribution in [2.75, 3.05) is 13.2 Å². The monoisotopic (exact) mass is 419 g/mol. The summed E-state index contributed by atoms with van der Waals surface area (Å²) >= 11 is 1.80. The molecular weight excluding hydrogens is 394 g/mol. The first kappa shape index (κ1) is 19.3. The SMILES string of the molecule is CC[C@@H]1c2ccsc2CCN1CN1C(=O)N[C@](C)(c2ccc3ccccc3c2)C1=O. The van der Waals surface area contributed by atoms with Gasteiger partial charge in [0, 0.05) is 17.5 Å². The van der Waals surface area contributed by atoms with E-state index in [4.69, 9.17) is 0 Å². The van der Waals surface area contributed by atoms with Gasteiger partial charge in [0.2, 0.25) is 0 Å². The van der Waals surface area contributed by atoms with Crippen LogP contribution in [-0.4, -0.2) is 35.0 Å². The van der Waals surface area contributed by atoms with Crippen LogP contribution in [0.4, 0.5) is 4.79 Å². The van der Waals surface area contributed by atoms with Gasteiger partial charge in [-0.1, -0.05) is 43.3 Å². The molecule has 5 rings (SSSR count). The molecule has 0 radical (unpaired) electrons. The number of imide groups is 1. The van der Waals surface area contributed by atoms with Gasteiger partial charge in [0.25, 0.3) is 5.91 Å². The van der Waals surface area contributed by atoms with Crippen LogP contribution in [0.3, 0.4) is 0 Å². The number of thiophene rings is 1. The third-order valence-corrected chi connectivity index (χ3v) is 7.51. The van der Waals surface area contributed by atoms with Crippen LogP contribution in [0, 0.1) is 0 Å². The first-order valence-corrected chi connectivity index (χ1v) is 11.3. The van der Waals surface area contributed by atoms with Gasteiger partial charge in [-0.2, -0.15) is 0 Å². The lowest BCUT2D eigenvalue weighted by Gasteiger charge is -2.37. The third-order valence-electron chi connectivity index (χ3n) is 6.52. The minimum absolute atomic E-state index is 0.186. The van der Waals surface area contributed by atoms with Crippen LogP contribution >= 0.6 is 11.3 Å². The van der Waals surface area contributed by atoms with Crippen LogP contribution in [0.25, 0.3) is 10.8 Å². The van der Waals surface area contributed by atoms with Gasteiger partial charge in [-0.3, -0.25) is 9.69 Å².